The molecule has 3 N–H and O–H groups in total. The summed E-state index contributed by atoms with van der Waals surface area (Å²) in [5, 5.41) is 3.36. The predicted octanol–water partition coefficient (Wildman–Crippen LogP) is 3.98. The van der Waals surface area contributed by atoms with Crippen molar-refractivity contribution >= 4 is 39.1 Å². The molecule has 0 spiro atoms. The van der Waals surface area contributed by atoms with Crippen LogP contribution in [0.2, 0.25) is 0 Å². The summed E-state index contributed by atoms with van der Waals surface area (Å²) in [6.45, 7) is 1.00. The van der Waals surface area contributed by atoms with Crippen LogP contribution in [0.15, 0.2) is 22.7 Å². The van der Waals surface area contributed by atoms with Gasteiger partial charge < -0.3 is 11.1 Å². The molecule has 0 aromatic heterocycles. The molecule has 90 valence electrons. The molecule has 0 radical (unpaired) electrons. The Morgan fingerprint density at radius 1 is 1.31 bits per heavy atom. The molecule has 16 heavy (non-hydrogen) atoms. The topological polar surface area (TPSA) is 38.0 Å². The largest absolute Gasteiger partial charge is 0.397 e. The lowest BCUT2D eigenvalue weighted by atomic mass is 10.2. The van der Waals surface area contributed by atoms with Crippen LogP contribution in [0.4, 0.5) is 11.4 Å². The van der Waals surface area contributed by atoms with Crippen LogP contribution in [0.25, 0.3) is 0 Å². The van der Waals surface area contributed by atoms with E-state index in [0.29, 0.717) is 0 Å². The molecule has 0 saturated heterocycles. The maximum Gasteiger partial charge on any atom is 0.0574 e. The van der Waals surface area contributed by atoms with Gasteiger partial charge in [-0.15, -0.1) is 0 Å². The van der Waals surface area contributed by atoms with Crippen molar-refractivity contribution in [3.05, 3.63) is 22.7 Å². The van der Waals surface area contributed by atoms with E-state index in [-0.39, 0.29) is 0 Å². The summed E-state index contributed by atoms with van der Waals surface area (Å²) < 4.78 is 1.02. The highest BCUT2D eigenvalue weighted by Crippen LogP contribution is 2.22. The molecule has 1 rings (SSSR count). The first-order chi connectivity index (χ1) is 7.74. The van der Waals surface area contributed by atoms with E-state index in [9.17, 15) is 0 Å². The van der Waals surface area contributed by atoms with Gasteiger partial charge in [0.1, 0.15) is 0 Å². The van der Waals surface area contributed by atoms with Crippen LogP contribution >= 0.6 is 27.7 Å². The number of benzene rings is 1. The Morgan fingerprint density at radius 2 is 2.12 bits per heavy atom. The van der Waals surface area contributed by atoms with Gasteiger partial charge in [0, 0.05) is 11.0 Å². The van der Waals surface area contributed by atoms with Gasteiger partial charge in [0.15, 0.2) is 0 Å². The van der Waals surface area contributed by atoms with Crippen LogP contribution in [0.5, 0.6) is 0 Å². The molecule has 0 aliphatic carbocycles. The smallest absolute Gasteiger partial charge is 0.0574 e. The summed E-state index contributed by atoms with van der Waals surface area (Å²) in [5.74, 6) is 1.26. The number of halogens is 1. The van der Waals surface area contributed by atoms with Crippen molar-refractivity contribution in [3.63, 3.8) is 0 Å². The van der Waals surface area contributed by atoms with E-state index >= 15 is 0 Å². The lowest BCUT2D eigenvalue weighted by Gasteiger charge is -2.09. The second-order valence-electron chi connectivity index (χ2n) is 3.71. The quantitative estimate of drug-likeness (QED) is 0.591. The molecule has 0 heterocycles. The number of rotatable bonds is 7. The second kappa shape index (κ2) is 7.85. The van der Waals surface area contributed by atoms with Crippen molar-refractivity contribution in [1.82, 2.24) is 0 Å². The first kappa shape index (κ1) is 13.7. The molecule has 0 amide bonds. The van der Waals surface area contributed by atoms with Gasteiger partial charge in [-0.2, -0.15) is 11.8 Å². The Kier molecular flexibility index (Phi) is 6.73. The molecule has 0 aliphatic rings. The van der Waals surface area contributed by atoms with Crippen LogP contribution in [0.3, 0.4) is 0 Å². The average Bonchev–Trinajstić information content (AvgIpc) is 2.26. The van der Waals surface area contributed by atoms with E-state index in [2.05, 4.69) is 27.5 Å². The summed E-state index contributed by atoms with van der Waals surface area (Å²) in [6.07, 6.45) is 5.94. The number of hydrogen-bond donors (Lipinski definition) is 2. The standard InChI is InChI=1S/C12H19BrN2S/c1-16-8-4-2-3-7-15-12-6-5-10(13)9-11(12)14/h5-6,9,15H,2-4,7-8,14H2,1H3. The SMILES string of the molecule is CSCCCCCNc1ccc(Br)cc1N. The highest BCUT2D eigenvalue weighted by molar-refractivity contribution is 9.10. The molecule has 0 bridgehead atoms. The van der Waals surface area contributed by atoms with Gasteiger partial charge in [-0.1, -0.05) is 22.4 Å². The highest BCUT2D eigenvalue weighted by Gasteiger charge is 1.98. The van der Waals surface area contributed by atoms with Crippen LogP contribution in [-0.2, 0) is 0 Å². The number of anilines is 2. The first-order valence-corrected chi connectivity index (χ1v) is 7.70. The lowest BCUT2D eigenvalue weighted by molar-refractivity contribution is 0.750. The average molecular weight is 303 g/mol. The van der Waals surface area contributed by atoms with Crippen LogP contribution in [0, 0.1) is 0 Å². The van der Waals surface area contributed by atoms with E-state index in [1.807, 2.05) is 30.0 Å². The van der Waals surface area contributed by atoms with Crippen molar-refractivity contribution in [3.8, 4) is 0 Å². The van der Waals surface area contributed by atoms with Gasteiger partial charge >= 0.3 is 0 Å². The maximum atomic E-state index is 5.89. The minimum atomic E-state index is 0.804. The van der Waals surface area contributed by atoms with Crippen LogP contribution in [0.1, 0.15) is 19.3 Å². The molecular formula is C12H19BrN2S. The fraction of sp³-hybridized carbons (Fsp3) is 0.500. The first-order valence-electron chi connectivity index (χ1n) is 5.52. The summed E-state index contributed by atoms with van der Waals surface area (Å²) in [5.41, 5.74) is 7.73. The Bertz CT molecular complexity index is 318. The van der Waals surface area contributed by atoms with E-state index in [4.69, 9.17) is 5.73 Å². The zero-order valence-corrected chi connectivity index (χ0v) is 12.0. The summed E-state index contributed by atoms with van der Waals surface area (Å²) in [4.78, 5) is 0. The number of nitrogen functional groups attached to an aromatic ring is 1. The predicted molar refractivity (Wildman–Crippen MR) is 79.3 cm³/mol. The van der Waals surface area contributed by atoms with E-state index in [1.54, 1.807) is 0 Å². The molecule has 1 aromatic rings. The van der Waals surface area contributed by atoms with E-state index < -0.39 is 0 Å². The fourth-order valence-corrected chi connectivity index (χ4v) is 2.34. The Labute approximate surface area is 111 Å². The maximum absolute atomic E-state index is 5.89. The monoisotopic (exact) mass is 302 g/mol. The van der Waals surface area contributed by atoms with E-state index in [0.717, 1.165) is 22.4 Å². The van der Waals surface area contributed by atoms with Gasteiger partial charge in [0.25, 0.3) is 0 Å². The number of nitrogens with two attached hydrogens (primary N) is 1. The lowest BCUT2D eigenvalue weighted by Crippen LogP contribution is -2.04. The molecule has 4 heteroatoms. The normalized spacial score (nSPS) is 10.4. The molecule has 0 aliphatic heterocycles. The molecule has 0 atom stereocenters. The van der Waals surface area contributed by atoms with Crippen molar-refractivity contribution in [2.45, 2.75) is 19.3 Å². The second-order valence-corrected chi connectivity index (χ2v) is 5.61. The Balaban J connectivity index is 2.21. The Hall–Kier alpha value is -0.350. The van der Waals surface area contributed by atoms with E-state index in [1.165, 1.54) is 25.0 Å². The Morgan fingerprint density at radius 3 is 2.81 bits per heavy atom. The summed E-state index contributed by atoms with van der Waals surface area (Å²) >= 11 is 5.31. The van der Waals surface area contributed by atoms with Gasteiger partial charge in [-0.3, -0.25) is 0 Å². The van der Waals surface area contributed by atoms with Gasteiger partial charge in [0.05, 0.1) is 11.4 Å². The van der Waals surface area contributed by atoms with Crippen molar-refractivity contribution in [2.24, 2.45) is 0 Å². The molecule has 0 unspecified atom stereocenters. The third-order valence-corrected chi connectivity index (χ3v) is 3.54. The van der Waals surface area contributed by atoms with Crippen LogP contribution < -0.4 is 11.1 Å². The molecule has 1 aromatic carbocycles. The third kappa shape index (κ3) is 5.12. The molecule has 0 saturated carbocycles. The van der Waals surface area contributed by atoms with Crippen LogP contribution in [-0.4, -0.2) is 18.6 Å². The summed E-state index contributed by atoms with van der Waals surface area (Å²) in [6, 6.07) is 5.95. The minimum Gasteiger partial charge on any atom is -0.397 e. The third-order valence-electron chi connectivity index (χ3n) is 2.35. The van der Waals surface area contributed by atoms with Crippen molar-refractivity contribution in [1.29, 1.82) is 0 Å². The minimum absolute atomic E-state index is 0.804. The number of unbranched alkanes of at least 4 members (excludes halogenated alkanes) is 2. The van der Waals surface area contributed by atoms with Crippen molar-refractivity contribution < 1.29 is 0 Å². The van der Waals surface area contributed by atoms with Crippen molar-refractivity contribution in [2.75, 3.05) is 29.6 Å². The van der Waals surface area contributed by atoms with Gasteiger partial charge in [0.2, 0.25) is 0 Å². The number of hydrogen-bond acceptors (Lipinski definition) is 3. The van der Waals surface area contributed by atoms with Gasteiger partial charge in [-0.25, -0.2) is 0 Å². The molecule has 0 fully saturated rings. The van der Waals surface area contributed by atoms with Gasteiger partial charge in [-0.05, 0) is 43.0 Å². The molecular weight excluding hydrogens is 284 g/mol. The number of thioether (sulfide) groups is 1. The summed E-state index contributed by atoms with van der Waals surface area (Å²) in [7, 11) is 0. The zero-order chi connectivity index (χ0) is 11.8. The molecule has 2 nitrogen and oxygen atoms in total. The fourth-order valence-electron chi connectivity index (χ4n) is 1.47. The zero-order valence-electron chi connectivity index (χ0n) is 9.63. The number of nitrogens with one attached hydrogen (secondary N) is 1. The highest BCUT2D eigenvalue weighted by atomic mass is 79.9.